The molecule has 0 fully saturated rings. The summed E-state index contributed by atoms with van der Waals surface area (Å²) in [5.74, 6) is 0.796. The number of carbonyl (C=O) groups excluding carboxylic acids is 1. The van der Waals surface area contributed by atoms with Crippen molar-refractivity contribution in [2.75, 3.05) is 26.9 Å². The lowest BCUT2D eigenvalue weighted by molar-refractivity contribution is 0.103. The highest BCUT2D eigenvalue weighted by atomic mass is 16.5. The van der Waals surface area contributed by atoms with Crippen molar-refractivity contribution >= 4 is 11.6 Å². The molecule has 0 radical (unpaired) electrons. The molecule has 0 saturated carbocycles. The second-order valence-corrected chi connectivity index (χ2v) is 4.72. The van der Waals surface area contributed by atoms with Gasteiger partial charge in [-0.2, -0.15) is 0 Å². The largest absolute Gasteiger partial charge is 0.493 e. The number of rotatable bonds is 5. The van der Waals surface area contributed by atoms with Gasteiger partial charge in [0.2, 0.25) is 5.78 Å². The Kier molecular flexibility index (Phi) is 4.67. The molecule has 0 saturated heterocycles. The molecule has 0 aliphatic rings. The number of allylic oxidation sites excluding steroid dienone is 1. The highest BCUT2D eigenvalue weighted by Gasteiger charge is 2.15. The molecule has 7 heteroatoms. The first-order valence-corrected chi connectivity index (χ1v) is 6.53. The molecule has 2 aromatic rings. The van der Waals surface area contributed by atoms with Crippen LogP contribution in [0.4, 0.5) is 5.82 Å². The fourth-order valence-electron chi connectivity index (χ4n) is 1.72. The average Bonchev–Trinajstić information content (AvgIpc) is 2.52. The van der Waals surface area contributed by atoms with Crippen molar-refractivity contribution in [2.45, 2.75) is 0 Å². The third kappa shape index (κ3) is 3.57. The molecule has 0 aromatic carbocycles. The number of nitrogen functional groups attached to an aromatic ring is 1. The van der Waals surface area contributed by atoms with Crippen molar-refractivity contribution in [2.24, 2.45) is 0 Å². The van der Waals surface area contributed by atoms with E-state index in [9.17, 15) is 4.79 Å². The van der Waals surface area contributed by atoms with Crippen LogP contribution in [-0.4, -0.2) is 46.8 Å². The van der Waals surface area contributed by atoms with Crippen LogP contribution in [0, 0.1) is 0 Å². The molecule has 2 rings (SSSR count). The maximum atomic E-state index is 12.3. The number of ketones is 1. The number of ether oxygens (including phenoxy) is 1. The minimum atomic E-state index is -0.267. The van der Waals surface area contributed by atoms with Crippen LogP contribution in [0.5, 0.6) is 5.75 Å². The van der Waals surface area contributed by atoms with Gasteiger partial charge in [0.15, 0.2) is 17.3 Å². The zero-order valence-electron chi connectivity index (χ0n) is 12.6. The lowest BCUT2D eigenvalue weighted by atomic mass is 10.2. The van der Waals surface area contributed by atoms with Crippen LogP contribution < -0.4 is 10.5 Å². The molecule has 7 nitrogen and oxygen atoms in total. The molecule has 0 aliphatic heterocycles. The number of nitrogens with zero attached hydrogens (tertiary/aromatic N) is 4. The lowest BCUT2D eigenvalue weighted by Gasteiger charge is -2.08. The molecule has 0 bridgehead atoms. The van der Waals surface area contributed by atoms with E-state index in [2.05, 4.69) is 15.0 Å². The van der Waals surface area contributed by atoms with Gasteiger partial charge in [-0.1, -0.05) is 0 Å². The van der Waals surface area contributed by atoms with Gasteiger partial charge in [-0.25, -0.2) is 15.0 Å². The number of anilines is 1. The van der Waals surface area contributed by atoms with Crippen LogP contribution in [0.15, 0.2) is 36.8 Å². The highest BCUT2D eigenvalue weighted by Crippen LogP contribution is 2.22. The van der Waals surface area contributed by atoms with Gasteiger partial charge < -0.3 is 15.4 Å². The molecule has 0 aliphatic carbocycles. The highest BCUT2D eigenvalue weighted by molar-refractivity contribution is 6.05. The first-order chi connectivity index (χ1) is 10.5. The fourth-order valence-corrected chi connectivity index (χ4v) is 1.72. The van der Waals surface area contributed by atoms with Crippen molar-refractivity contribution in [1.82, 2.24) is 19.9 Å². The third-order valence-electron chi connectivity index (χ3n) is 2.77. The summed E-state index contributed by atoms with van der Waals surface area (Å²) in [5, 5.41) is 0. The van der Waals surface area contributed by atoms with E-state index < -0.39 is 0 Å². The maximum absolute atomic E-state index is 12.3. The Morgan fingerprint density at radius 2 is 2.14 bits per heavy atom. The Labute approximate surface area is 128 Å². The molecule has 0 atom stereocenters. The van der Waals surface area contributed by atoms with Crippen molar-refractivity contribution in [3.8, 4) is 17.1 Å². The summed E-state index contributed by atoms with van der Waals surface area (Å²) in [4.78, 5) is 26.4. The first-order valence-electron chi connectivity index (χ1n) is 6.53. The predicted octanol–water partition coefficient (Wildman–Crippen LogP) is 1.39. The Hall–Kier alpha value is -2.96. The summed E-state index contributed by atoms with van der Waals surface area (Å²) in [6, 6.07) is 3.37. The van der Waals surface area contributed by atoms with Crippen molar-refractivity contribution in [1.29, 1.82) is 0 Å². The normalized spacial score (nSPS) is 10.7. The van der Waals surface area contributed by atoms with Crippen LogP contribution in [0.3, 0.4) is 0 Å². The molecule has 2 N–H and O–H groups in total. The smallest absolute Gasteiger partial charge is 0.209 e. The molecule has 2 heterocycles. The van der Waals surface area contributed by atoms with Gasteiger partial charge in [-0.05, 0) is 12.1 Å². The minimum absolute atomic E-state index is 0.195. The molecular weight excluding hydrogens is 282 g/mol. The fraction of sp³-hybridized carbons (Fsp3) is 0.200. The number of hydrogen-bond donors (Lipinski definition) is 1. The molecule has 22 heavy (non-hydrogen) atoms. The van der Waals surface area contributed by atoms with E-state index in [4.69, 9.17) is 10.5 Å². The summed E-state index contributed by atoms with van der Waals surface area (Å²) in [6.07, 6.45) is 6.10. The number of nitrogens with two attached hydrogens (primary N) is 1. The zero-order valence-corrected chi connectivity index (χ0v) is 12.6. The first kappa shape index (κ1) is 15.4. The van der Waals surface area contributed by atoms with Gasteiger partial charge in [0.25, 0.3) is 0 Å². The van der Waals surface area contributed by atoms with Gasteiger partial charge in [0.1, 0.15) is 5.82 Å². The average molecular weight is 299 g/mol. The minimum Gasteiger partial charge on any atom is -0.493 e. The molecule has 114 valence electrons. The van der Waals surface area contributed by atoms with Gasteiger partial charge in [-0.15, -0.1) is 0 Å². The van der Waals surface area contributed by atoms with Crippen LogP contribution in [0.2, 0.25) is 0 Å². The number of pyridine rings is 1. The number of methoxy groups -OCH3 is 1. The summed E-state index contributed by atoms with van der Waals surface area (Å²) < 4.78 is 5.16. The third-order valence-corrected chi connectivity index (χ3v) is 2.77. The van der Waals surface area contributed by atoms with Crippen LogP contribution >= 0.6 is 0 Å². The van der Waals surface area contributed by atoms with Crippen molar-refractivity contribution < 1.29 is 9.53 Å². The van der Waals surface area contributed by atoms with E-state index in [0.29, 0.717) is 23.0 Å². The maximum Gasteiger partial charge on any atom is 0.209 e. The Balaban J connectivity index is 2.44. The van der Waals surface area contributed by atoms with E-state index in [0.717, 1.165) is 0 Å². The van der Waals surface area contributed by atoms with E-state index in [1.54, 1.807) is 29.4 Å². The number of carbonyl (C=O) groups is 1. The summed E-state index contributed by atoms with van der Waals surface area (Å²) in [6.45, 7) is 0. The quantitative estimate of drug-likeness (QED) is 0.658. The van der Waals surface area contributed by atoms with E-state index >= 15 is 0 Å². The second-order valence-electron chi connectivity index (χ2n) is 4.72. The SMILES string of the molecule is COc1cnc(-c2ccnc(N)c2)nc1C(=O)/C=C/N(C)C. The molecular formula is C15H17N5O2. The summed E-state index contributed by atoms with van der Waals surface area (Å²) in [5.41, 5.74) is 6.53. The van der Waals surface area contributed by atoms with Gasteiger partial charge >= 0.3 is 0 Å². The molecule has 0 spiro atoms. The molecule has 0 unspecified atom stereocenters. The van der Waals surface area contributed by atoms with Crippen LogP contribution in [0.25, 0.3) is 11.4 Å². The number of aromatic nitrogens is 3. The Morgan fingerprint density at radius 1 is 1.36 bits per heavy atom. The van der Waals surface area contributed by atoms with E-state index in [1.807, 2.05) is 14.1 Å². The van der Waals surface area contributed by atoms with Crippen molar-refractivity contribution in [3.63, 3.8) is 0 Å². The van der Waals surface area contributed by atoms with Crippen molar-refractivity contribution in [3.05, 3.63) is 42.5 Å². The van der Waals surface area contributed by atoms with E-state index in [-0.39, 0.29) is 11.5 Å². The predicted molar refractivity (Wildman–Crippen MR) is 83.4 cm³/mol. The number of hydrogen-bond acceptors (Lipinski definition) is 7. The Bertz CT molecular complexity index is 713. The summed E-state index contributed by atoms with van der Waals surface area (Å²) in [7, 11) is 5.12. The van der Waals surface area contributed by atoms with Gasteiger partial charge in [0.05, 0.1) is 13.3 Å². The van der Waals surface area contributed by atoms with Crippen LogP contribution in [-0.2, 0) is 0 Å². The Morgan fingerprint density at radius 3 is 2.77 bits per heavy atom. The topological polar surface area (TPSA) is 94.2 Å². The zero-order chi connectivity index (χ0) is 16.1. The van der Waals surface area contributed by atoms with Gasteiger partial charge in [-0.3, -0.25) is 4.79 Å². The van der Waals surface area contributed by atoms with Crippen LogP contribution in [0.1, 0.15) is 10.5 Å². The standard InChI is InChI=1S/C15H17N5O2/c1-20(2)7-5-11(21)14-12(22-3)9-18-15(19-14)10-4-6-17-13(16)8-10/h4-9H,1-3H3,(H2,16,17)/b7-5+. The monoisotopic (exact) mass is 299 g/mol. The summed E-state index contributed by atoms with van der Waals surface area (Å²) >= 11 is 0. The molecule has 2 aromatic heterocycles. The van der Waals surface area contributed by atoms with Gasteiger partial charge in [0, 0.05) is 38.1 Å². The molecule has 0 amide bonds. The lowest BCUT2D eigenvalue weighted by Crippen LogP contribution is -2.07. The second kappa shape index (κ2) is 6.66. The van der Waals surface area contributed by atoms with E-state index in [1.165, 1.54) is 19.4 Å².